The van der Waals surface area contributed by atoms with Crippen molar-refractivity contribution in [3.8, 4) is 0 Å². The number of nitrogen functional groups attached to an aromatic ring is 1. The number of aromatic nitrogens is 2. The highest BCUT2D eigenvalue weighted by molar-refractivity contribution is 5.98. The van der Waals surface area contributed by atoms with Crippen LogP contribution < -0.4 is 5.73 Å². The van der Waals surface area contributed by atoms with Crippen LogP contribution in [0.15, 0.2) is 6.20 Å². The molecule has 1 aromatic heterocycles. The van der Waals surface area contributed by atoms with Gasteiger partial charge < -0.3 is 10.6 Å². The molecule has 1 aromatic rings. The quantitative estimate of drug-likeness (QED) is 0.719. The van der Waals surface area contributed by atoms with E-state index in [0.29, 0.717) is 17.3 Å². The van der Waals surface area contributed by atoms with E-state index < -0.39 is 0 Å². The first kappa shape index (κ1) is 10.0. The number of carbonyl (C=O) groups is 1. The van der Waals surface area contributed by atoms with Crippen molar-refractivity contribution in [2.45, 2.75) is 19.8 Å². The molecule has 1 amide bonds. The Bertz CT molecular complexity index is 360. The number of hydrogen-bond acceptors (Lipinski definition) is 3. The lowest BCUT2D eigenvalue weighted by molar-refractivity contribution is 0.0684. The highest BCUT2D eigenvalue weighted by atomic mass is 16.2. The monoisotopic (exact) mass is 208 g/mol. The van der Waals surface area contributed by atoms with Gasteiger partial charge >= 0.3 is 0 Å². The second-order valence-electron chi connectivity index (χ2n) is 4.20. The standard InChI is InChI=1S/C10H16N4O/c1-7-3-2-4-14(6-7)10(15)8-5-12-13-9(8)11/h5,7H,2-4,6H2,1H3,(H3,11,12,13). The van der Waals surface area contributed by atoms with E-state index >= 15 is 0 Å². The van der Waals surface area contributed by atoms with E-state index in [4.69, 9.17) is 5.73 Å². The van der Waals surface area contributed by atoms with Crippen LogP contribution in [0.4, 0.5) is 5.82 Å². The van der Waals surface area contributed by atoms with Gasteiger partial charge in [-0.2, -0.15) is 5.10 Å². The number of nitrogens with two attached hydrogens (primary N) is 1. The van der Waals surface area contributed by atoms with Crippen LogP contribution in [-0.4, -0.2) is 34.1 Å². The first-order valence-corrected chi connectivity index (χ1v) is 5.26. The second kappa shape index (κ2) is 3.92. The maximum absolute atomic E-state index is 12.0. The van der Waals surface area contributed by atoms with Crippen LogP contribution in [0.5, 0.6) is 0 Å². The van der Waals surface area contributed by atoms with Crippen LogP contribution in [0.25, 0.3) is 0 Å². The predicted molar refractivity (Wildman–Crippen MR) is 57.3 cm³/mol. The number of likely N-dealkylation sites (tertiary alicyclic amines) is 1. The fourth-order valence-electron chi connectivity index (χ4n) is 2.01. The number of carbonyl (C=O) groups excluding carboxylic acids is 1. The Hall–Kier alpha value is -1.52. The largest absolute Gasteiger partial charge is 0.383 e. The summed E-state index contributed by atoms with van der Waals surface area (Å²) >= 11 is 0. The summed E-state index contributed by atoms with van der Waals surface area (Å²) in [6.07, 6.45) is 3.77. The van der Waals surface area contributed by atoms with Crippen molar-refractivity contribution in [3.63, 3.8) is 0 Å². The molecule has 1 fully saturated rings. The lowest BCUT2D eigenvalue weighted by Gasteiger charge is -2.30. The van der Waals surface area contributed by atoms with Crippen LogP contribution >= 0.6 is 0 Å². The van der Waals surface area contributed by atoms with Crippen molar-refractivity contribution in [1.82, 2.24) is 15.1 Å². The third-order valence-corrected chi connectivity index (χ3v) is 2.84. The van der Waals surface area contributed by atoms with Crippen molar-refractivity contribution in [3.05, 3.63) is 11.8 Å². The van der Waals surface area contributed by atoms with E-state index in [-0.39, 0.29) is 5.91 Å². The average molecular weight is 208 g/mol. The molecule has 1 unspecified atom stereocenters. The first-order valence-electron chi connectivity index (χ1n) is 5.26. The fourth-order valence-corrected chi connectivity index (χ4v) is 2.01. The lowest BCUT2D eigenvalue weighted by atomic mass is 10.00. The van der Waals surface area contributed by atoms with E-state index in [1.807, 2.05) is 4.90 Å². The van der Waals surface area contributed by atoms with Crippen LogP contribution in [0, 0.1) is 5.92 Å². The van der Waals surface area contributed by atoms with E-state index in [2.05, 4.69) is 17.1 Å². The smallest absolute Gasteiger partial charge is 0.259 e. The molecule has 1 atom stereocenters. The van der Waals surface area contributed by atoms with E-state index in [0.717, 1.165) is 19.5 Å². The van der Waals surface area contributed by atoms with Gasteiger partial charge in [0.15, 0.2) is 0 Å². The second-order valence-corrected chi connectivity index (χ2v) is 4.20. The van der Waals surface area contributed by atoms with Crippen molar-refractivity contribution in [2.75, 3.05) is 18.8 Å². The number of amides is 1. The van der Waals surface area contributed by atoms with E-state index in [1.54, 1.807) is 0 Å². The van der Waals surface area contributed by atoms with Gasteiger partial charge in [-0.25, -0.2) is 0 Å². The van der Waals surface area contributed by atoms with Gasteiger partial charge in [-0.3, -0.25) is 9.89 Å². The Morgan fingerprint density at radius 3 is 3.13 bits per heavy atom. The van der Waals surface area contributed by atoms with Crippen molar-refractivity contribution >= 4 is 11.7 Å². The molecule has 5 heteroatoms. The van der Waals surface area contributed by atoms with Gasteiger partial charge in [0.2, 0.25) is 0 Å². The average Bonchev–Trinajstić information content (AvgIpc) is 2.63. The molecular weight excluding hydrogens is 192 g/mol. The topological polar surface area (TPSA) is 75.0 Å². The Balaban J connectivity index is 2.11. The first-order chi connectivity index (χ1) is 7.18. The molecule has 2 rings (SSSR count). The van der Waals surface area contributed by atoms with Crippen molar-refractivity contribution in [1.29, 1.82) is 0 Å². The zero-order chi connectivity index (χ0) is 10.8. The number of piperidine rings is 1. The molecule has 0 spiro atoms. The number of aromatic amines is 1. The van der Waals surface area contributed by atoms with E-state index in [1.165, 1.54) is 12.6 Å². The summed E-state index contributed by atoms with van der Waals surface area (Å²) in [5.41, 5.74) is 6.11. The molecule has 0 aliphatic carbocycles. The molecule has 0 aromatic carbocycles. The molecule has 0 bridgehead atoms. The molecule has 82 valence electrons. The summed E-state index contributed by atoms with van der Waals surface area (Å²) in [7, 11) is 0. The molecule has 15 heavy (non-hydrogen) atoms. The SMILES string of the molecule is CC1CCCN(C(=O)c2cn[nH]c2N)C1. The summed E-state index contributed by atoms with van der Waals surface area (Å²) in [5, 5.41) is 6.34. The summed E-state index contributed by atoms with van der Waals surface area (Å²) < 4.78 is 0. The third-order valence-electron chi connectivity index (χ3n) is 2.84. The molecule has 5 nitrogen and oxygen atoms in total. The fraction of sp³-hybridized carbons (Fsp3) is 0.600. The molecule has 0 radical (unpaired) electrons. The van der Waals surface area contributed by atoms with Gasteiger partial charge in [-0.05, 0) is 18.8 Å². The maximum atomic E-state index is 12.0. The highest BCUT2D eigenvalue weighted by Gasteiger charge is 2.23. The minimum absolute atomic E-state index is 0.00667. The molecule has 2 heterocycles. The highest BCUT2D eigenvalue weighted by Crippen LogP contribution is 2.19. The Kier molecular flexibility index (Phi) is 2.62. The van der Waals surface area contributed by atoms with Crippen LogP contribution in [0.3, 0.4) is 0 Å². The predicted octanol–water partition coefficient (Wildman–Crippen LogP) is 0.864. The Morgan fingerprint density at radius 2 is 2.53 bits per heavy atom. The summed E-state index contributed by atoms with van der Waals surface area (Å²) in [6, 6.07) is 0. The molecule has 1 saturated heterocycles. The van der Waals surface area contributed by atoms with Gasteiger partial charge in [0.1, 0.15) is 11.4 Å². The summed E-state index contributed by atoms with van der Waals surface area (Å²) in [6.45, 7) is 3.81. The third kappa shape index (κ3) is 1.95. The molecule has 0 saturated carbocycles. The van der Waals surface area contributed by atoms with Gasteiger partial charge in [0, 0.05) is 13.1 Å². The van der Waals surface area contributed by atoms with Crippen molar-refractivity contribution in [2.24, 2.45) is 5.92 Å². The molecule has 1 aliphatic rings. The number of anilines is 1. The maximum Gasteiger partial charge on any atom is 0.259 e. The lowest BCUT2D eigenvalue weighted by Crippen LogP contribution is -2.39. The van der Waals surface area contributed by atoms with Gasteiger partial charge in [0.25, 0.3) is 5.91 Å². The summed E-state index contributed by atoms with van der Waals surface area (Å²) in [5.74, 6) is 0.932. The molecule has 1 aliphatic heterocycles. The number of hydrogen-bond donors (Lipinski definition) is 2. The number of nitrogens with one attached hydrogen (secondary N) is 1. The summed E-state index contributed by atoms with van der Waals surface area (Å²) in [4.78, 5) is 13.9. The van der Waals surface area contributed by atoms with Crippen LogP contribution in [-0.2, 0) is 0 Å². The molecular formula is C10H16N4O. The normalized spacial score (nSPS) is 21.7. The number of rotatable bonds is 1. The van der Waals surface area contributed by atoms with Crippen LogP contribution in [0.2, 0.25) is 0 Å². The zero-order valence-corrected chi connectivity index (χ0v) is 8.86. The van der Waals surface area contributed by atoms with Crippen molar-refractivity contribution < 1.29 is 4.79 Å². The van der Waals surface area contributed by atoms with Gasteiger partial charge in [-0.15, -0.1) is 0 Å². The minimum atomic E-state index is -0.00667. The van der Waals surface area contributed by atoms with Gasteiger partial charge in [0.05, 0.1) is 6.20 Å². The zero-order valence-electron chi connectivity index (χ0n) is 8.86. The Morgan fingerprint density at radius 1 is 1.73 bits per heavy atom. The number of H-pyrrole nitrogens is 1. The number of nitrogens with zero attached hydrogens (tertiary/aromatic N) is 2. The Labute approximate surface area is 88.6 Å². The molecule has 3 N–H and O–H groups in total. The minimum Gasteiger partial charge on any atom is -0.383 e. The van der Waals surface area contributed by atoms with Gasteiger partial charge in [-0.1, -0.05) is 6.92 Å². The van der Waals surface area contributed by atoms with Crippen LogP contribution in [0.1, 0.15) is 30.1 Å². The van der Waals surface area contributed by atoms with E-state index in [9.17, 15) is 4.79 Å².